The second kappa shape index (κ2) is 4.53. The number of rotatable bonds is 1. The van der Waals surface area contributed by atoms with Crippen LogP contribution in [0.3, 0.4) is 0 Å². The van der Waals surface area contributed by atoms with Gasteiger partial charge in [0.25, 0.3) is 0 Å². The van der Waals surface area contributed by atoms with Crippen molar-refractivity contribution in [2.24, 2.45) is 0 Å². The zero-order chi connectivity index (χ0) is 13.4. The Morgan fingerprint density at radius 3 is 2.33 bits per heavy atom. The van der Waals surface area contributed by atoms with Gasteiger partial charge in [0.05, 0.1) is 5.69 Å². The van der Waals surface area contributed by atoms with Crippen molar-refractivity contribution in [1.82, 2.24) is 9.97 Å². The maximum atomic E-state index is 13.7. The molecule has 0 aliphatic carbocycles. The maximum absolute atomic E-state index is 13.7. The fourth-order valence-corrected chi connectivity index (χ4v) is 1.87. The van der Waals surface area contributed by atoms with Gasteiger partial charge in [-0.2, -0.15) is 0 Å². The topological polar surface area (TPSA) is 28.7 Å². The van der Waals surface area contributed by atoms with Gasteiger partial charge in [-0.3, -0.25) is 0 Å². The number of aryl methyl sites for hydroxylation is 1. The molecule has 2 aromatic rings. The first-order chi connectivity index (χ1) is 8.40. The van der Waals surface area contributed by atoms with E-state index in [9.17, 15) is 13.2 Å². The Balaban J connectivity index is 2.77. The number of aromatic amines is 1. The highest BCUT2D eigenvalue weighted by Crippen LogP contribution is 2.26. The first-order valence-corrected chi connectivity index (χ1v) is 5.53. The van der Waals surface area contributed by atoms with Crippen LogP contribution in [0.5, 0.6) is 0 Å². The highest BCUT2D eigenvalue weighted by Gasteiger charge is 2.14. The van der Waals surface area contributed by atoms with Crippen molar-refractivity contribution in [2.75, 3.05) is 0 Å². The standard InChI is InChI=1S/C12H9F3N2S/c1-5-11(16-6(2)17-12(5)18)7-3-9(14)10(15)4-8(7)13/h3-4H,1-2H3,(H,16,17,18). The van der Waals surface area contributed by atoms with Gasteiger partial charge in [0.1, 0.15) is 16.3 Å². The minimum atomic E-state index is -1.22. The van der Waals surface area contributed by atoms with E-state index >= 15 is 0 Å². The molecule has 0 atom stereocenters. The summed E-state index contributed by atoms with van der Waals surface area (Å²) in [4.78, 5) is 6.81. The van der Waals surface area contributed by atoms with Crippen molar-refractivity contribution in [3.63, 3.8) is 0 Å². The molecule has 0 spiro atoms. The predicted octanol–water partition coefficient (Wildman–Crippen LogP) is 3.84. The zero-order valence-corrected chi connectivity index (χ0v) is 10.5. The van der Waals surface area contributed by atoms with E-state index in [0.717, 1.165) is 6.07 Å². The van der Waals surface area contributed by atoms with Gasteiger partial charge in [-0.05, 0) is 19.9 Å². The van der Waals surface area contributed by atoms with Gasteiger partial charge >= 0.3 is 0 Å². The summed E-state index contributed by atoms with van der Waals surface area (Å²) in [7, 11) is 0. The van der Waals surface area contributed by atoms with Crippen LogP contribution in [0.4, 0.5) is 13.2 Å². The van der Waals surface area contributed by atoms with E-state index in [4.69, 9.17) is 12.2 Å². The fourth-order valence-electron chi connectivity index (χ4n) is 1.63. The van der Waals surface area contributed by atoms with E-state index in [1.54, 1.807) is 13.8 Å². The van der Waals surface area contributed by atoms with Gasteiger partial charge in [-0.25, -0.2) is 18.2 Å². The lowest BCUT2D eigenvalue weighted by Gasteiger charge is -2.09. The third kappa shape index (κ3) is 2.15. The Morgan fingerprint density at radius 2 is 1.67 bits per heavy atom. The molecule has 0 amide bonds. The predicted molar refractivity (Wildman–Crippen MR) is 64.2 cm³/mol. The number of aromatic nitrogens is 2. The first-order valence-electron chi connectivity index (χ1n) is 5.12. The lowest BCUT2D eigenvalue weighted by atomic mass is 10.1. The summed E-state index contributed by atoms with van der Waals surface area (Å²) in [6, 6.07) is 1.31. The van der Waals surface area contributed by atoms with Crippen LogP contribution in [0.15, 0.2) is 12.1 Å². The Morgan fingerprint density at radius 1 is 1.06 bits per heavy atom. The van der Waals surface area contributed by atoms with E-state index in [-0.39, 0.29) is 5.56 Å². The zero-order valence-electron chi connectivity index (χ0n) is 9.64. The van der Waals surface area contributed by atoms with Crippen molar-refractivity contribution in [3.8, 4) is 11.3 Å². The molecule has 0 aliphatic rings. The van der Waals surface area contributed by atoms with Crippen molar-refractivity contribution in [3.05, 3.63) is 45.6 Å². The number of hydrogen-bond acceptors (Lipinski definition) is 2. The average Bonchev–Trinajstić information content (AvgIpc) is 2.29. The number of nitrogens with zero attached hydrogens (tertiary/aromatic N) is 1. The second-order valence-electron chi connectivity index (χ2n) is 3.87. The molecule has 6 heteroatoms. The molecule has 1 N–H and O–H groups in total. The molecule has 2 nitrogen and oxygen atoms in total. The molecule has 0 radical (unpaired) electrons. The van der Waals surface area contributed by atoms with Crippen molar-refractivity contribution in [1.29, 1.82) is 0 Å². The molecule has 0 fully saturated rings. The number of hydrogen-bond donors (Lipinski definition) is 1. The van der Waals surface area contributed by atoms with Gasteiger partial charge < -0.3 is 4.98 Å². The van der Waals surface area contributed by atoms with E-state index in [2.05, 4.69) is 9.97 Å². The summed E-state index contributed by atoms with van der Waals surface area (Å²) >= 11 is 5.01. The van der Waals surface area contributed by atoms with Gasteiger partial charge in [-0.15, -0.1) is 0 Å². The van der Waals surface area contributed by atoms with Crippen molar-refractivity contribution >= 4 is 12.2 Å². The number of nitrogens with one attached hydrogen (secondary N) is 1. The molecule has 0 aliphatic heterocycles. The summed E-state index contributed by atoms with van der Waals surface area (Å²) in [5.41, 5.74) is 0.757. The van der Waals surface area contributed by atoms with Crippen LogP contribution in [0.1, 0.15) is 11.4 Å². The Labute approximate surface area is 107 Å². The molecule has 1 aromatic carbocycles. The molecule has 0 saturated heterocycles. The lowest BCUT2D eigenvalue weighted by Crippen LogP contribution is -1.99. The van der Waals surface area contributed by atoms with Crippen LogP contribution in [0.2, 0.25) is 0 Å². The van der Waals surface area contributed by atoms with Crippen LogP contribution in [0.25, 0.3) is 11.3 Å². The molecular weight excluding hydrogens is 261 g/mol. The smallest absolute Gasteiger partial charge is 0.161 e. The van der Waals surface area contributed by atoms with E-state index in [0.29, 0.717) is 27.8 Å². The minimum absolute atomic E-state index is 0.0667. The van der Waals surface area contributed by atoms with E-state index in [1.807, 2.05) is 0 Å². The van der Waals surface area contributed by atoms with Crippen LogP contribution < -0.4 is 0 Å². The molecule has 0 saturated carbocycles. The normalized spacial score (nSPS) is 10.7. The van der Waals surface area contributed by atoms with Gasteiger partial charge in [0.15, 0.2) is 11.6 Å². The average molecular weight is 270 g/mol. The summed E-state index contributed by atoms with van der Waals surface area (Å²) in [5.74, 6) is -2.71. The summed E-state index contributed by atoms with van der Waals surface area (Å²) in [6.07, 6.45) is 0. The third-order valence-electron chi connectivity index (χ3n) is 2.55. The van der Waals surface area contributed by atoms with Crippen LogP contribution in [-0.4, -0.2) is 9.97 Å². The number of benzene rings is 1. The van der Waals surface area contributed by atoms with E-state index in [1.165, 1.54) is 0 Å². The molecule has 18 heavy (non-hydrogen) atoms. The highest BCUT2D eigenvalue weighted by atomic mass is 32.1. The molecule has 1 aromatic heterocycles. The highest BCUT2D eigenvalue weighted by molar-refractivity contribution is 7.71. The quantitative estimate of drug-likeness (QED) is 0.630. The Kier molecular flexibility index (Phi) is 3.21. The fraction of sp³-hybridized carbons (Fsp3) is 0.167. The molecule has 0 bridgehead atoms. The minimum Gasteiger partial charge on any atom is -0.343 e. The van der Waals surface area contributed by atoms with Gasteiger partial charge in [0, 0.05) is 17.2 Å². The third-order valence-corrected chi connectivity index (χ3v) is 2.95. The summed E-state index contributed by atoms with van der Waals surface area (Å²) in [5, 5.41) is 0. The van der Waals surface area contributed by atoms with Gasteiger partial charge in [-0.1, -0.05) is 12.2 Å². The van der Waals surface area contributed by atoms with Crippen LogP contribution in [-0.2, 0) is 0 Å². The largest absolute Gasteiger partial charge is 0.343 e. The SMILES string of the molecule is Cc1nc(=S)c(C)c(-c2cc(F)c(F)cc2F)[nH]1. The Bertz CT molecular complexity index is 680. The molecule has 94 valence electrons. The van der Waals surface area contributed by atoms with Crippen LogP contribution in [0, 0.1) is 35.9 Å². The second-order valence-corrected chi connectivity index (χ2v) is 4.26. The number of halogens is 3. The van der Waals surface area contributed by atoms with Crippen LogP contribution >= 0.6 is 12.2 Å². The van der Waals surface area contributed by atoms with Gasteiger partial charge in [0.2, 0.25) is 0 Å². The molecular formula is C12H9F3N2S. The number of H-pyrrole nitrogens is 1. The van der Waals surface area contributed by atoms with Crippen molar-refractivity contribution < 1.29 is 13.2 Å². The summed E-state index contributed by atoms with van der Waals surface area (Å²) < 4.78 is 40.0. The maximum Gasteiger partial charge on any atom is 0.161 e. The van der Waals surface area contributed by atoms with E-state index < -0.39 is 17.5 Å². The molecule has 1 heterocycles. The molecule has 2 rings (SSSR count). The lowest BCUT2D eigenvalue weighted by molar-refractivity contribution is 0.496. The monoisotopic (exact) mass is 270 g/mol. The first kappa shape index (κ1) is 12.8. The Hall–Kier alpha value is -1.69. The summed E-state index contributed by atoms with van der Waals surface area (Å²) in [6.45, 7) is 3.29. The molecule has 0 unspecified atom stereocenters. The van der Waals surface area contributed by atoms with Crippen molar-refractivity contribution in [2.45, 2.75) is 13.8 Å².